The zero-order chi connectivity index (χ0) is 18.5. The van der Waals surface area contributed by atoms with Gasteiger partial charge in [0.1, 0.15) is 5.75 Å². The van der Waals surface area contributed by atoms with Crippen molar-refractivity contribution in [1.82, 2.24) is 4.90 Å². The minimum Gasteiger partial charge on any atom is -0.508 e. The van der Waals surface area contributed by atoms with E-state index in [0.717, 1.165) is 38.0 Å². The number of phenols is 1. The molecule has 1 heterocycles. The van der Waals surface area contributed by atoms with Crippen LogP contribution < -0.4 is 0 Å². The van der Waals surface area contributed by atoms with Crippen LogP contribution in [0.5, 0.6) is 5.75 Å². The van der Waals surface area contributed by atoms with E-state index in [-0.39, 0.29) is 0 Å². The molecule has 1 aliphatic heterocycles. The molecule has 2 heteroatoms. The van der Waals surface area contributed by atoms with E-state index in [9.17, 15) is 5.11 Å². The summed E-state index contributed by atoms with van der Waals surface area (Å²) in [6.07, 6.45) is 2.12. The van der Waals surface area contributed by atoms with Gasteiger partial charge in [-0.2, -0.15) is 0 Å². The molecule has 0 aliphatic carbocycles. The molecule has 0 radical (unpaired) electrons. The molecule has 136 valence electrons. The summed E-state index contributed by atoms with van der Waals surface area (Å²) in [4.78, 5) is 2.44. The highest BCUT2D eigenvalue weighted by atomic mass is 16.3. The molecule has 3 aromatic carbocycles. The van der Waals surface area contributed by atoms with Crippen molar-refractivity contribution in [1.29, 1.82) is 0 Å². The summed E-state index contributed by atoms with van der Waals surface area (Å²) in [5, 5.41) is 10.0. The molecule has 1 fully saturated rings. The summed E-state index contributed by atoms with van der Waals surface area (Å²) >= 11 is 0. The molecule has 0 saturated carbocycles. The first-order valence-electron chi connectivity index (χ1n) is 9.63. The lowest BCUT2D eigenvalue weighted by atomic mass is 9.88. The smallest absolute Gasteiger partial charge is 0.120 e. The van der Waals surface area contributed by atoms with Gasteiger partial charge in [-0.25, -0.2) is 0 Å². The van der Waals surface area contributed by atoms with Crippen LogP contribution in [0, 0.1) is 0 Å². The second-order valence-electron chi connectivity index (χ2n) is 7.12. The summed E-state index contributed by atoms with van der Waals surface area (Å²) < 4.78 is 0. The van der Waals surface area contributed by atoms with Gasteiger partial charge in [0.2, 0.25) is 0 Å². The highest BCUT2D eigenvalue weighted by Crippen LogP contribution is 2.32. The number of likely N-dealkylation sites (tertiary alicyclic amines) is 1. The van der Waals surface area contributed by atoms with Crippen LogP contribution in [0.2, 0.25) is 0 Å². The number of hydrogen-bond acceptors (Lipinski definition) is 2. The first-order chi connectivity index (χ1) is 13.3. The number of hydrogen-bond donors (Lipinski definition) is 1. The van der Waals surface area contributed by atoms with Crippen LogP contribution >= 0.6 is 0 Å². The van der Waals surface area contributed by atoms with Crippen molar-refractivity contribution in [3.63, 3.8) is 0 Å². The fraction of sp³-hybridized carbons (Fsp3) is 0.200. The lowest BCUT2D eigenvalue weighted by Gasteiger charge is -2.30. The Labute approximate surface area is 161 Å². The number of piperidine rings is 1. The third-order valence-electron chi connectivity index (χ3n) is 5.32. The summed E-state index contributed by atoms with van der Waals surface area (Å²) in [7, 11) is 0. The molecule has 2 nitrogen and oxygen atoms in total. The quantitative estimate of drug-likeness (QED) is 0.669. The molecule has 1 N–H and O–H groups in total. The zero-order valence-electron chi connectivity index (χ0n) is 15.5. The molecule has 1 aliphatic rings. The Morgan fingerprint density at radius 3 is 1.78 bits per heavy atom. The van der Waals surface area contributed by atoms with Crippen LogP contribution in [0.1, 0.15) is 29.5 Å². The first-order valence-corrected chi connectivity index (χ1v) is 9.63. The van der Waals surface area contributed by atoms with E-state index in [0.29, 0.717) is 5.75 Å². The Morgan fingerprint density at radius 2 is 1.22 bits per heavy atom. The Balaban J connectivity index is 1.57. The van der Waals surface area contributed by atoms with Gasteiger partial charge in [0.15, 0.2) is 0 Å². The monoisotopic (exact) mass is 355 g/mol. The second kappa shape index (κ2) is 8.24. The third-order valence-corrected chi connectivity index (χ3v) is 5.32. The SMILES string of the molecule is Oc1ccccc1CN1CCC(=C(c2ccccc2)c2ccccc2)CC1. The van der Waals surface area contributed by atoms with Gasteiger partial charge in [-0.1, -0.05) is 84.4 Å². The molecule has 0 unspecified atom stereocenters. The minimum atomic E-state index is 0.396. The zero-order valence-corrected chi connectivity index (χ0v) is 15.5. The van der Waals surface area contributed by atoms with Crippen LogP contribution in [-0.2, 0) is 6.54 Å². The van der Waals surface area contributed by atoms with Crippen LogP contribution in [0.15, 0.2) is 90.5 Å². The van der Waals surface area contributed by atoms with E-state index in [2.05, 4.69) is 65.6 Å². The number of rotatable bonds is 4. The summed E-state index contributed by atoms with van der Waals surface area (Å²) in [5.41, 5.74) is 6.52. The Kier molecular flexibility index (Phi) is 5.36. The highest BCUT2D eigenvalue weighted by Gasteiger charge is 2.19. The average Bonchev–Trinajstić information content (AvgIpc) is 2.73. The van der Waals surface area contributed by atoms with Crippen molar-refractivity contribution in [2.75, 3.05) is 13.1 Å². The molecular formula is C25H25NO. The topological polar surface area (TPSA) is 23.5 Å². The van der Waals surface area contributed by atoms with E-state index < -0.39 is 0 Å². The van der Waals surface area contributed by atoms with Gasteiger partial charge in [0.05, 0.1) is 0 Å². The molecule has 0 spiro atoms. The fourth-order valence-electron chi connectivity index (χ4n) is 3.90. The molecule has 4 rings (SSSR count). The molecule has 0 aromatic heterocycles. The van der Waals surface area contributed by atoms with E-state index in [1.807, 2.05) is 18.2 Å². The van der Waals surface area contributed by atoms with Gasteiger partial charge < -0.3 is 5.11 Å². The number of aromatic hydroxyl groups is 1. The van der Waals surface area contributed by atoms with Crippen LogP contribution in [-0.4, -0.2) is 23.1 Å². The molecule has 27 heavy (non-hydrogen) atoms. The predicted octanol–water partition coefficient (Wildman–Crippen LogP) is 5.49. The lowest BCUT2D eigenvalue weighted by Crippen LogP contribution is -2.30. The van der Waals surface area contributed by atoms with Gasteiger partial charge >= 0.3 is 0 Å². The van der Waals surface area contributed by atoms with Gasteiger partial charge in [-0.05, 0) is 35.6 Å². The Bertz CT molecular complexity index is 864. The normalized spacial score (nSPS) is 14.9. The summed E-state index contributed by atoms with van der Waals surface area (Å²) in [5.74, 6) is 0.396. The van der Waals surface area contributed by atoms with Crippen molar-refractivity contribution in [2.45, 2.75) is 19.4 Å². The fourth-order valence-corrected chi connectivity index (χ4v) is 3.90. The second-order valence-corrected chi connectivity index (χ2v) is 7.12. The summed E-state index contributed by atoms with van der Waals surface area (Å²) in [6.45, 7) is 2.85. The number of nitrogens with zero attached hydrogens (tertiary/aromatic N) is 1. The highest BCUT2D eigenvalue weighted by molar-refractivity contribution is 5.82. The Morgan fingerprint density at radius 1 is 0.704 bits per heavy atom. The van der Waals surface area contributed by atoms with Crippen LogP contribution in [0.4, 0.5) is 0 Å². The maximum atomic E-state index is 10.0. The molecule has 3 aromatic rings. The van der Waals surface area contributed by atoms with Crippen molar-refractivity contribution >= 4 is 5.57 Å². The minimum absolute atomic E-state index is 0.396. The van der Waals surface area contributed by atoms with Gasteiger partial charge in [0.25, 0.3) is 0 Å². The maximum Gasteiger partial charge on any atom is 0.120 e. The van der Waals surface area contributed by atoms with Gasteiger partial charge in [0, 0.05) is 25.2 Å². The van der Waals surface area contributed by atoms with Gasteiger partial charge in [-0.3, -0.25) is 4.90 Å². The third kappa shape index (κ3) is 4.12. The van der Waals surface area contributed by atoms with Crippen LogP contribution in [0.3, 0.4) is 0 Å². The molecule has 0 amide bonds. The number of benzene rings is 3. The molecule has 0 bridgehead atoms. The maximum absolute atomic E-state index is 10.0. The predicted molar refractivity (Wildman–Crippen MR) is 112 cm³/mol. The lowest BCUT2D eigenvalue weighted by molar-refractivity contribution is 0.245. The van der Waals surface area contributed by atoms with Crippen molar-refractivity contribution in [2.24, 2.45) is 0 Å². The summed E-state index contributed by atoms with van der Waals surface area (Å²) in [6, 6.07) is 29.1. The van der Waals surface area contributed by atoms with E-state index in [1.165, 1.54) is 22.3 Å². The molecule has 1 saturated heterocycles. The Hall–Kier alpha value is -2.84. The molecule has 0 atom stereocenters. The van der Waals surface area contributed by atoms with Crippen molar-refractivity contribution in [3.8, 4) is 5.75 Å². The molecular weight excluding hydrogens is 330 g/mol. The number of phenolic OH excluding ortho intramolecular Hbond substituents is 1. The first kappa shape index (κ1) is 17.6. The van der Waals surface area contributed by atoms with Crippen molar-refractivity contribution in [3.05, 3.63) is 107 Å². The van der Waals surface area contributed by atoms with E-state index >= 15 is 0 Å². The van der Waals surface area contributed by atoms with E-state index in [4.69, 9.17) is 0 Å². The largest absolute Gasteiger partial charge is 0.508 e. The van der Waals surface area contributed by atoms with Gasteiger partial charge in [-0.15, -0.1) is 0 Å². The average molecular weight is 355 g/mol. The van der Waals surface area contributed by atoms with Crippen LogP contribution in [0.25, 0.3) is 5.57 Å². The van der Waals surface area contributed by atoms with E-state index in [1.54, 1.807) is 6.07 Å². The van der Waals surface area contributed by atoms with Crippen molar-refractivity contribution < 1.29 is 5.11 Å². The standard InChI is InChI=1S/C25H25NO/c27-24-14-8-7-13-23(24)19-26-17-15-22(16-18-26)25(20-9-3-1-4-10-20)21-11-5-2-6-12-21/h1-14,27H,15-19H2. The number of para-hydroxylation sites is 1.